The van der Waals surface area contributed by atoms with Gasteiger partial charge in [-0.05, 0) is 24.3 Å². The van der Waals surface area contributed by atoms with Gasteiger partial charge in [0.15, 0.2) is 0 Å². The third kappa shape index (κ3) is 2.40. The van der Waals surface area contributed by atoms with Crippen LogP contribution in [0.4, 0.5) is 4.39 Å². The van der Waals surface area contributed by atoms with Crippen LogP contribution in [0.5, 0.6) is 5.75 Å². The largest absolute Gasteiger partial charge is 0.496 e. The Bertz CT molecular complexity index is 332. The summed E-state index contributed by atoms with van der Waals surface area (Å²) in [7, 11) is 1.45. The second-order valence-electron chi connectivity index (χ2n) is 2.38. The van der Waals surface area contributed by atoms with E-state index in [0.29, 0.717) is 17.6 Å². The van der Waals surface area contributed by atoms with Gasteiger partial charge in [-0.25, -0.2) is 4.39 Å². The molecule has 0 N–H and O–H groups in total. The number of halogens is 1. The average Bonchev–Trinajstić information content (AvgIpc) is 2.16. The molecular weight excluding hydrogens is 171 g/mol. The van der Waals surface area contributed by atoms with Gasteiger partial charge < -0.3 is 4.74 Å². The van der Waals surface area contributed by atoms with Crippen molar-refractivity contribution in [3.8, 4) is 5.75 Å². The van der Waals surface area contributed by atoms with Gasteiger partial charge in [0.2, 0.25) is 0 Å². The first-order chi connectivity index (χ1) is 6.27. The van der Waals surface area contributed by atoms with E-state index in [4.69, 9.17) is 4.74 Å². The molecule has 0 heterocycles. The zero-order valence-electron chi connectivity index (χ0n) is 7.16. The van der Waals surface area contributed by atoms with Gasteiger partial charge in [0.25, 0.3) is 0 Å². The summed E-state index contributed by atoms with van der Waals surface area (Å²) in [5, 5.41) is 0. The number of carbonyl (C=O) groups is 1. The standard InChI is InChI=1S/C10H9FO2/c1-13-10-7-9(11)5-4-8(10)3-2-6-12/h2-7H,1H3/b3-2+. The molecule has 0 aliphatic rings. The molecular formula is C10H9FO2. The van der Waals surface area contributed by atoms with Crippen molar-refractivity contribution in [1.29, 1.82) is 0 Å². The molecule has 1 aromatic rings. The van der Waals surface area contributed by atoms with E-state index >= 15 is 0 Å². The van der Waals surface area contributed by atoms with Crippen LogP contribution in [0.3, 0.4) is 0 Å². The second-order valence-corrected chi connectivity index (χ2v) is 2.38. The van der Waals surface area contributed by atoms with E-state index in [1.54, 1.807) is 12.1 Å². The zero-order valence-corrected chi connectivity index (χ0v) is 7.16. The Hall–Kier alpha value is -1.64. The number of benzene rings is 1. The Balaban J connectivity index is 3.05. The Morgan fingerprint density at radius 1 is 1.46 bits per heavy atom. The van der Waals surface area contributed by atoms with Gasteiger partial charge in [0, 0.05) is 11.6 Å². The van der Waals surface area contributed by atoms with Gasteiger partial charge in [0.05, 0.1) is 7.11 Å². The van der Waals surface area contributed by atoms with Crippen LogP contribution in [0.2, 0.25) is 0 Å². The number of rotatable bonds is 3. The number of ether oxygens (including phenoxy) is 1. The maximum absolute atomic E-state index is 12.7. The van der Waals surface area contributed by atoms with Crippen molar-refractivity contribution in [1.82, 2.24) is 0 Å². The van der Waals surface area contributed by atoms with Crippen LogP contribution < -0.4 is 4.74 Å². The maximum atomic E-state index is 12.7. The normalized spacial score (nSPS) is 10.3. The summed E-state index contributed by atoms with van der Waals surface area (Å²) in [5.41, 5.74) is 0.677. The Kier molecular flexibility index (Phi) is 3.20. The minimum Gasteiger partial charge on any atom is -0.496 e. The lowest BCUT2D eigenvalue weighted by molar-refractivity contribution is -0.104. The number of methoxy groups -OCH3 is 1. The fraction of sp³-hybridized carbons (Fsp3) is 0.100. The molecule has 0 atom stereocenters. The molecule has 0 aromatic heterocycles. The highest BCUT2D eigenvalue weighted by Gasteiger charge is 2.00. The molecule has 68 valence electrons. The molecule has 0 saturated carbocycles. The van der Waals surface area contributed by atoms with E-state index < -0.39 is 0 Å². The molecule has 0 radical (unpaired) electrons. The molecule has 3 heteroatoms. The van der Waals surface area contributed by atoms with E-state index in [-0.39, 0.29) is 5.82 Å². The molecule has 0 amide bonds. The molecule has 1 rings (SSSR count). The van der Waals surface area contributed by atoms with E-state index in [9.17, 15) is 9.18 Å². The summed E-state index contributed by atoms with van der Waals surface area (Å²) in [5.74, 6) is 0.0539. The lowest BCUT2D eigenvalue weighted by Gasteiger charge is -2.03. The van der Waals surface area contributed by atoms with Crippen LogP contribution in [0, 0.1) is 5.82 Å². The predicted molar refractivity (Wildman–Crippen MR) is 48.1 cm³/mol. The predicted octanol–water partition coefficient (Wildman–Crippen LogP) is 2.05. The summed E-state index contributed by atoms with van der Waals surface area (Å²) >= 11 is 0. The summed E-state index contributed by atoms with van der Waals surface area (Å²) in [4.78, 5) is 10.0. The fourth-order valence-corrected chi connectivity index (χ4v) is 0.966. The highest BCUT2D eigenvalue weighted by Crippen LogP contribution is 2.20. The van der Waals surface area contributed by atoms with Crippen molar-refractivity contribution in [2.45, 2.75) is 0 Å². The monoisotopic (exact) mass is 180 g/mol. The molecule has 1 aromatic carbocycles. The third-order valence-corrected chi connectivity index (χ3v) is 1.55. The third-order valence-electron chi connectivity index (χ3n) is 1.55. The van der Waals surface area contributed by atoms with Crippen LogP contribution >= 0.6 is 0 Å². The van der Waals surface area contributed by atoms with E-state index in [0.717, 1.165) is 0 Å². The average molecular weight is 180 g/mol. The van der Waals surface area contributed by atoms with Gasteiger partial charge in [-0.1, -0.05) is 0 Å². The number of aldehydes is 1. The molecule has 0 spiro atoms. The van der Waals surface area contributed by atoms with Crippen molar-refractivity contribution < 1.29 is 13.9 Å². The van der Waals surface area contributed by atoms with Crippen molar-refractivity contribution >= 4 is 12.4 Å². The maximum Gasteiger partial charge on any atom is 0.142 e. The number of carbonyl (C=O) groups excluding carboxylic acids is 1. The molecule has 0 aliphatic heterocycles. The Morgan fingerprint density at radius 2 is 2.23 bits per heavy atom. The molecule has 0 bridgehead atoms. The Labute approximate surface area is 75.6 Å². The number of hydrogen-bond donors (Lipinski definition) is 0. The van der Waals surface area contributed by atoms with Crippen LogP contribution in [-0.2, 0) is 4.79 Å². The van der Waals surface area contributed by atoms with Gasteiger partial charge in [-0.15, -0.1) is 0 Å². The minimum atomic E-state index is -0.361. The number of hydrogen-bond acceptors (Lipinski definition) is 2. The van der Waals surface area contributed by atoms with Crippen LogP contribution in [0.1, 0.15) is 5.56 Å². The highest BCUT2D eigenvalue weighted by molar-refractivity contribution is 5.75. The SMILES string of the molecule is COc1cc(F)ccc1/C=C/C=O. The lowest BCUT2D eigenvalue weighted by atomic mass is 10.2. The van der Waals surface area contributed by atoms with E-state index in [1.807, 2.05) is 0 Å². The molecule has 0 fully saturated rings. The first kappa shape index (κ1) is 9.45. The van der Waals surface area contributed by atoms with Crippen molar-refractivity contribution in [2.75, 3.05) is 7.11 Å². The van der Waals surface area contributed by atoms with E-state index in [2.05, 4.69) is 0 Å². The van der Waals surface area contributed by atoms with Crippen LogP contribution in [0.25, 0.3) is 6.08 Å². The second kappa shape index (κ2) is 4.40. The molecule has 0 aliphatic carbocycles. The van der Waals surface area contributed by atoms with Crippen molar-refractivity contribution in [3.05, 3.63) is 35.7 Å². The molecule has 0 saturated heterocycles. The van der Waals surface area contributed by atoms with E-state index in [1.165, 1.54) is 25.3 Å². The van der Waals surface area contributed by atoms with Crippen molar-refractivity contribution in [3.63, 3.8) is 0 Å². The first-order valence-corrected chi connectivity index (χ1v) is 3.73. The minimum absolute atomic E-state index is 0.361. The molecule has 2 nitrogen and oxygen atoms in total. The van der Waals surface area contributed by atoms with Gasteiger partial charge in [0.1, 0.15) is 17.9 Å². The Morgan fingerprint density at radius 3 is 2.85 bits per heavy atom. The van der Waals surface area contributed by atoms with Crippen LogP contribution in [-0.4, -0.2) is 13.4 Å². The quantitative estimate of drug-likeness (QED) is 0.525. The summed E-state index contributed by atoms with van der Waals surface area (Å²) in [6.07, 6.45) is 3.55. The van der Waals surface area contributed by atoms with Gasteiger partial charge in [-0.2, -0.15) is 0 Å². The topological polar surface area (TPSA) is 26.3 Å². The molecule has 0 unspecified atom stereocenters. The van der Waals surface area contributed by atoms with Crippen LogP contribution in [0.15, 0.2) is 24.3 Å². The molecule has 13 heavy (non-hydrogen) atoms. The highest BCUT2D eigenvalue weighted by atomic mass is 19.1. The van der Waals surface area contributed by atoms with Gasteiger partial charge in [-0.3, -0.25) is 4.79 Å². The summed E-state index contributed by atoms with van der Waals surface area (Å²) < 4.78 is 17.6. The first-order valence-electron chi connectivity index (χ1n) is 3.73. The lowest BCUT2D eigenvalue weighted by Crippen LogP contribution is -1.87. The summed E-state index contributed by atoms with van der Waals surface area (Å²) in [6, 6.07) is 4.13. The van der Waals surface area contributed by atoms with Crippen molar-refractivity contribution in [2.24, 2.45) is 0 Å². The summed E-state index contributed by atoms with van der Waals surface area (Å²) in [6.45, 7) is 0. The smallest absolute Gasteiger partial charge is 0.142 e. The number of allylic oxidation sites excluding steroid dienone is 1. The fourth-order valence-electron chi connectivity index (χ4n) is 0.966. The van der Waals surface area contributed by atoms with Gasteiger partial charge >= 0.3 is 0 Å². The zero-order chi connectivity index (χ0) is 9.68.